The van der Waals surface area contributed by atoms with Crippen molar-refractivity contribution in [1.82, 2.24) is 4.98 Å². The monoisotopic (exact) mass is 458 g/mol. The Bertz CT molecular complexity index is 1100. The lowest BCUT2D eigenvalue weighted by Gasteiger charge is -2.47. The summed E-state index contributed by atoms with van der Waals surface area (Å²) in [7, 11) is 0. The van der Waals surface area contributed by atoms with E-state index in [0.717, 1.165) is 0 Å². The van der Waals surface area contributed by atoms with Gasteiger partial charge in [-0.15, -0.1) is 0 Å². The lowest BCUT2D eigenvalue weighted by Crippen LogP contribution is -2.54. The fraction of sp³-hybridized carbons (Fsp3) is 0.400. The van der Waals surface area contributed by atoms with Gasteiger partial charge in [-0.05, 0) is 42.7 Å². The molecule has 1 saturated carbocycles. The van der Waals surface area contributed by atoms with Gasteiger partial charge in [-0.1, -0.05) is 31.2 Å². The second-order valence-electron chi connectivity index (χ2n) is 9.08. The number of primary amides is 1. The molecule has 0 radical (unpaired) electrons. The van der Waals surface area contributed by atoms with Crippen LogP contribution < -0.4 is 5.73 Å². The minimum Gasteiger partial charge on any atom is -0.462 e. The minimum absolute atomic E-state index is 0.356. The summed E-state index contributed by atoms with van der Waals surface area (Å²) in [6.07, 6.45) is 2.96. The van der Waals surface area contributed by atoms with Gasteiger partial charge < -0.3 is 10.5 Å². The van der Waals surface area contributed by atoms with E-state index in [-0.39, 0.29) is 5.82 Å². The largest absolute Gasteiger partial charge is 0.462 e. The zero-order chi connectivity index (χ0) is 24.0. The Kier molecular flexibility index (Phi) is 5.80. The van der Waals surface area contributed by atoms with Crippen LogP contribution in [-0.2, 0) is 14.3 Å². The van der Waals surface area contributed by atoms with Gasteiger partial charge in [0.05, 0.1) is 11.1 Å². The lowest BCUT2D eigenvalue weighted by atomic mass is 9.55. The van der Waals surface area contributed by atoms with Crippen LogP contribution in [0.5, 0.6) is 0 Å². The highest BCUT2D eigenvalue weighted by Gasteiger charge is 2.68. The summed E-state index contributed by atoms with van der Waals surface area (Å²) in [4.78, 5) is 28.7. The van der Waals surface area contributed by atoms with Crippen molar-refractivity contribution in [2.45, 2.75) is 38.7 Å². The van der Waals surface area contributed by atoms with Crippen molar-refractivity contribution < 1.29 is 27.5 Å². The summed E-state index contributed by atoms with van der Waals surface area (Å²) in [6, 6.07) is 9.59. The Hall–Kier alpha value is -3.16. The number of fused-ring (bicyclic) bond motifs is 1. The van der Waals surface area contributed by atoms with E-state index in [9.17, 15) is 14.0 Å². The van der Waals surface area contributed by atoms with Gasteiger partial charge in [-0.3, -0.25) is 14.6 Å². The second kappa shape index (κ2) is 8.32. The van der Waals surface area contributed by atoms with E-state index in [1.54, 1.807) is 49.5 Å². The molecule has 8 heteroatoms. The molecule has 1 aliphatic heterocycles. The van der Waals surface area contributed by atoms with E-state index >= 15 is 8.78 Å². The van der Waals surface area contributed by atoms with Crippen molar-refractivity contribution >= 4 is 18.0 Å². The molecule has 1 aromatic heterocycles. The van der Waals surface area contributed by atoms with Gasteiger partial charge in [0, 0.05) is 36.4 Å². The first-order chi connectivity index (χ1) is 15.5. The van der Waals surface area contributed by atoms with Crippen molar-refractivity contribution in [3.63, 3.8) is 0 Å². The Morgan fingerprint density at radius 1 is 1.24 bits per heavy atom. The summed E-state index contributed by atoms with van der Waals surface area (Å²) in [5, 5.41) is 0. The van der Waals surface area contributed by atoms with Crippen molar-refractivity contribution in [3.05, 3.63) is 60.2 Å². The van der Waals surface area contributed by atoms with E-state index < -0.39 is 59.9 Å². The number of nitrogens with two attached hydrogens (primary N) is 1. The van der Waals surface area contributed by atoms with Crippen molar-refractivity contribution in [1.29, 1.82) is 0 Å². The Morgan fingerprint density at radius 2 is 2.00 bits per heavy atom. The standard InChI is InChI=1S/C25H25F3N2O3/c1-14-20(9-8-19-7-6-17(12-30-19)16-4-3-5-18(26)10-16)22-15(2)33-23(32)24(22,11-21(29)31)13-25(14,27)28/h3-10,12,14-15,20,22H,11,13H2,1-2H3,(H2,29,31)/b9-8+/t14-,15+,20-,22-,24+/m0/s1. The second-order valence-corrected chi connectivity index (χ2v) is 9.08. The van der Waals surface area contributed by atoms with Gasteiger partial charge in [-0.25, -0.2) is 13.2 Å². The van der Waals surface area contributed by atoms with Crippen LogP contribution in [0, 0.1) is 29.0 Å². The third-order valence-corrected chi connectivity index (χ3v) is 6.98. The average Bonchev–Trinajstić information content (AvgIpc) is 2.97. The predicted octanol–water partition coefficient (Wildman–Crippen LogP) is 4.62. The molecule has 2 aliphatic rings. The van der Waals surface area contributed by atoms with Crippen LogP contribution in [0.3, 0.4) is 0 Å². The summed E-state index contributed by atoms with van der Waals surface area (Å²) >= 11 is 0. The number of ether oxygens (including phenoxy) is 1. The van der Waals surface area contributed by atoms with Crippen LogP contribution in [-0.4, -0.2) is 28.9 Å². The molecule has 1 amide bonds. The lowest BCUT2D eigenvalue weighted by molar-refractivity contribution is -0.174. The van der Waals surface area contributed by atoms with Crippen LogP contribution in [0.4, 0.5) is 13.2 Å². The first-order valence-corrected chi connectivity index (χ1v) is 10.8. The molecule has 2 heterocycles. The summed E-state index contributed by atoms with van der Waals surface area (Å²) in [6.45, 7) is 3.10. The van der Waals surface area contributed by atoms with E-state index in [1.807, 2.05) is 0 Å². The number of pyridine rings is 1. The van der Waals surface area contributed by atoms with E-state index in [0.29, 0.717) is 16.8 Å². The van der Waals surface area contributed by atoms with Crippen LogP contribution >= 0.6 is 0 Å². The van der Waals surface area contributed by atoms with Crippen molar-refractivity contribution in [3.8, 4) is 11.1 Å². The van der Waals surface area contributed by atoms with Crippen molar-refractivity contribution in [2.75, 3.05) is 0 Å². The number of hydrogen-bond donors (Lipinski definition) is 1. The molecular weight excluding hydrogens is 433 g/mol. The highest BCUT2D eigenvalue weighted by molar-refractivity contribution is 5.87. The fourth-order valence-electron chi connectivity index (χ4n) is 5.39. The molecule has 1 aliphatic carbocycles. The summed E-state index contributed by atoms with van der Waals surface area (Å²) in [5.41, 5.74) is 5.61. The number of halogens is 3. The third kappa shape index (κ3) is 4.14. The Morgan fingerprint density at radius 3 is 2.64 bits per heavy atom. The molecule has 1 aromatic carbocycles. The van der Waals surface area contributed by atoms with Crippen molar-refractivity contribution in [2.24, 2.45) is 28.9 Å². The normalized spacial score (nSPS) is 30.8. The Labute approximate surface area is 189 Å². The molecule has 2 fully saturated rings. The smallest absolute Gasteiger partial charge is 0.313 e. The first kappa shape index (κ1) is 23.0. The maximum absolute atomic E-state index is 15.0. The highest BCUT2D eigenvalue weighted by atomic mass is 19.3. The highest BCUT2D eigenvalue weighted by Crippen LogP contribution is 2.60. The molecular formula is C25H25F3N2O3. The number of alkyl halides is 2. The molecule has 5 nitrogen and oxygen atoms in total. The van der Waals surface area contributed by atoms with Crippen LogP contribution in [0.2, 0.25) is 0 Å². The molecule has 5 atom stereocenters. The molecule has 2 aromatic rings. The Balaban J connectivity index is 1.65. The molecule has 174 valence electrons. The number of carbonyl (C=O) groups is 2. The maximum atomic E-state index is 15.0. The SMILES string of the molecule is C[C@H]1OC(=O)[C@]2(CC(N)=O)CC(F)(F)[C@@H](C)[C@H](/C=C/c3ccc(-c4cccc(F)c4)cn3)[C@H]12. The number of nitrogens with zero attached hydrogens (tertiary/aromatic N) is 1. The van der Waals surface area contributed by atoms with Gasteiger partial charge in [0.25, 0.3) is 5.92 Å². The molecule has 1 saturated heterocycles. The van der Waals surface area contributed by atoms with Gasteiger partial charge in [0.15, 0.2) is 0 Å². The number of amides is 1. The topological polar surface area (TPSA) is 82.3 Å². The van der Waals surface area contributed by atoms with Gasteiger partial charge >= 0.3 is 5.97 Å². The molecule has 2 N–H and O–H groups in total. The van der Waals surface area contributed by atoms with E-state index in [2.05, 4.69) is 4.98 Å². The average molecular weight is 458 g/mol. The van der Waals surface area contributed by atoms with Crippen LogP contribution in [0.1, 0.15) is 32.4 Å². The van der Waals surface area contributed by atoms with E-state index in [4.69, 9.17) is 10.5 Å². The number of allylic oxidation sites excluding steroid dienone is 1. The zero-order valence-corrected chi connectivity index (χ0v) is 18.3. The zero-order valence-electron chi connectivity index (χ0n) is 18.3. The predicted molar refractivity (Wildman–Crippen MR) is 116 cm³/mol. The first-order valence-electron chi connectivity index (χ1n) is 10.8. The maximum Gasteiger partial charge on any atom is 0.313 e. The number of esters is 1. The molecule has 0 bridgehead atoms. The van der Waals surface area contributed by atoms with Gasteiger partial charge in [0.2, 0.25) is 5.91 Å². The number of cyclic esters (lactones) is 1. The number of hydrogen-bond acceptors (Lipinski definition) is 4. The quantitative estimate of drug-likeness (QED) is 0.663. The number of benzene rings is 1. The molecule has 33 heavy (non-hydrogen) atoms. The minimum atomic E-state index is -3.18. The number of carbonyl (C=O) groups excluding carboxylic acids is 2. The molecule has 0 spiro atoms. The van der Waals surface area contributed by atoms with Gasteiger partial charge in [-0.2, -0.15) is 0 Å². The van der Waals surface area contributed by atoms with E-state index in [1.165, 1.54) is 19.1 Å². The summed E-state index contributed by atoms with van der Waals surface area (Å²) in [5.74, 6) is -7.57. The molecule has 0 unspecified atom stereocenters. The molecule has 4 rings (SSSR count). The third-order valence-electron chi connectivity index (χ3n) is 6.98. The fourth-order valence-corrected chi connectivity index (χ4v) is 5.39. The van der Waals surface area contributed by atoms with Gasteiger partial charge in [0.1, 0.15) is 11.9 Å². The van der Waals surface area contributed by atoms with Crippen LogP contribution in [0.15, 0.2) is 48.7 Å². The number of aromatic nitrogens is 1. The summed E-state index contributed by atoms with van der Waals surface area (Å²) < 4.78 is 48.9. The number of rotatable bonds is 5. The van der Waals surface area contributed by atoms with Crippen LogP contribution in [0.25, 0.3) is 17.2 Å².